The lowest BCUT2D eigenvalue weighted by atomic mass is 9.97. The van der Waals surface area contributed by atoms with Crippen LogP contribution in [-0.2, 0) is 0 Å². The monoisotopic (exact) mass is 301 g/mol. The van der Waals surface area contributed by atoms with Crippen LogP contribution in [0.4, 0.5) is 11.4 Å². The van der Waals surface area contributed by atoms with Crippen molar-refractivity contribution in [3.63, 3.8) is 0 Å². The number of hydrogen-bond donors (Lipinski definition) is 2. The van der Waals surface area contributed by atoms with Gasteiger partial charge in [0.25, 0.3) is 5.91 Å². The topological polar surface area (TPSA) is 78.6 Å². The fraction of sp³-hybridized carbons (Fsp3) is 0.375. The van der Waals surface area contributed by atoms with Crippen LogP contribution in [0.5, 0.6) is 0 Å². The summed E-state index contributed by atoms with van der Waals surface area (Å²) in [5.74, 6) is 0.0968. The lowest BCUT2D eigenvalue weighted by Gasteiger charge is -2.34. The summed E-state index contributed by atoms with van der Waals surface area (Å²) in [6, 6.07) is 9.26. The fourth-order valence-corrected chi connectivity index (χ4v) is 2.73. The molecule has 6 nitrogen and oxygen atoms in total. The number of anilines is 2. The number of hydrogen-bond acceptors (Lipinski definition) is 5. The summed E-state index contributed by atoms with van der Waals surface area (Å²) in [5.41, 5.74) is 2.02. The maximum absolute atomic E-state index is 12.1. The largest absolute Gasteiger partial charge is 0.396 e. The van der Waals surface area contributed by atoms with Gasteiger partial charge in [0.1, 0.15) is 6.26 Å². The highest BCUT2D eigenvalue weighted by Crippen LogP contribution is 2.29. The van der Waals surface area contributed by atoms with Crippen LogP contribution in [0.25, 0.3) is 0 Å². The molecule has 1 aliphatic heterocycles. The smallest absolute Gasteiger partial charge is 0.277 e. The van der Waals surface area contributed by atoms with Crippen molar-refractivity contribution in [1.82, 2.24) is 5.16 Å². The van der Waals surface area contributed by atoms with Crippen molar-refractivity contribution in [3.05, 3.63) is 42.3 Å². The predicted octanol–water partition coefficient (Wildman–Crippen LogP) is 2.14. The number of nitrogens with one attached hydrogen (secondary N) is 1. The molecule has 22 heavy (non-hydrogen) atoms. The summed E-state index contributed by atoms with van der Waals surface area (Å²) in [4.78, 5) is 14.4. The third-order valence-electron chi connectivity index (χ3n) is 4.04. The average molecular weight is 301 g/mol. The van der Waals surface area contributed by atoms with Gasteiger partial charge in [-0.3, -0.25) is 4.79 Å². The highest BCUT2D eigenvalue weighted by atomic mass is 16.5. The molecule has 0 aliphatic carbocycles. The van der Waals surface area contributed by atoms with Crippen molar-refractivity contribution in [2.45, 2.75) is 12.8 Å². The van der Waals surface area contributed by atoms with Gasteiger partial charge in [-0.1, -0.05) is 17.3 Å². The molecule has 1 saturated heterocycles. The zero-order valence-corrected chi connectivity index (χ0v) is 12.2. The Morgan fingerprint density at radius 2 is 2.09 bits per heavy atom. The van der Waals surface area contributed by atoms with Crippen LogP contribution in [0, 0.1) is 5.92 Å². The first-order chi connectivity index (χ1) is 10.8. The first kappa shape index (κ1) is 14.6. The molecule has 3 rings (SSSR count). The van der Waals surface area contributed by atoms with E-state index in [1.165, 1.54) is 12.3 Å². The summed E-state index contributed by atoms with van der Waals surface area (Å²) < 4.78 is 4.70. The third-order valence-corrected chi connectivity index (χ3v) is 4.04. The third kappa shape index (κ3) is 3.12. The minimum Gasteiger partial charge on any atom is -0.396 e. The van der Waals surface area contributed by atoms with Gasteiger partial charge in [-0.15, -0.1) is 0 Å². The number of nitrogens with zero attached hydrogens (tertiary/aromatic N) is 2. The van der Waals surface area contributed by atoms with Crippen LogP contribution in [0.2, 0.25) is 0 Å². The lowest BCUT2D eigenvalue weighted by Crippen LogP contribution is -2.35. The van der Waals surface area contributed by atoms with Crippen LogP contribution in [0.3, 0.4) is 0 Å². The van der Waals surface area contributed by atoms with E-state index in [9.17, 15) is 9.90 Å². The Morgan fingerprint density at radius 3 is 2.77 bits per heavy atom. The van der Waals surface area contributed by atoms with E-state index in [1.54, 1.807) is 0 Å². The average Bonchev–Trinajstić information content (AvgIpc) is 3.10. The molecule has 1 aromatic carbocycles. The zero-order valence-electron chi connectivity index (χ0n) is 12.2. The predicted molar refractivity (Wildman–Crippen MR) is 82.9 cm³/mol. The summed E-state index contributed by atoms with van der Waals surface area (Å²) in [7, 11) is 0. The quantitative estimate of drug-likeness (QED) is 0.904. The molecule has 1 aromatic heterocycles. The second kappa shape index (κ2) is 6.62. The first-order valence-corrected chi connectivity index (χ1v) is 7.44. The second-order valence-electron chi connectivity index (χ2n) is 5.47. The molecule has 2 heterocycles. The van der Waals surface area contributed by atoms with Crippen molar-refractivity contribution in [2.75, 3.05) is 29.9 Å². The zero-order chi connectivity index (χ0) is 15.4. The van der Waals surface area contributed by atoms with Gasteiger partial charge in [0.2, 0.25) is 0 Å². The van der Waals surface area contributed by atoms with Crippen molar-refractivity contribution < 1.29 is 14.4 Å². The van der Waals surface area contributed by atoms with E-state index >= 15 is 0 Å². The van der Waals surface area contributed by atoms with Crippen LogP contribution >= 0.6 is 0 Å². The van der Waals surface area contributed by atoms with Crippen molar-refractivity contribution in [1.29, 1.82) is 0 Å². The summed E-state index contributed by atoms with van der Waals surface area (Å²) in [6.07, 6.45) is 3.30. The van der Waals surface area contributed by atoms with Gasteiger partial charge in [0.15, 0.2) is 5.69 Å². The molecule has 0 spiro atoms. The molecular formula is C16H19N3O3. The van der Waals surface area contributed by atoms with Crippen molar-refractivity contribution in [2.24, 2.45) is 5.92 Å². The summed E-state index contributed by atoms with van der Waals surface area (Å²) >= 11 is 0. The van der Waals surface area contributed by atoms with Crippen LogP contribution in [-0.4, -0.2) is 35.9 Å². The standard InChI is InChI=1S/C16H19N3O3/c20-11-12-5-8-19(9-6-12)15-4-2-1-3-13(15)17-16(21)14-7-10-22-18-14/h1-4,7,10,12,20H,5-6,8-9,11H2,(H,17,21). The van der Waals surface area contributed by atoms with Gasteiger partial charge in [-0.25, -0.2) is 0 Å². The Labute approximate surface area is 128 Å². The number of carbonyl (C=O) groups excluding carboxylic acids is 1. The summed E-state index contributed by atoms with van der Waals surface area (Å²) in [5, 5.41) is 15.8. The number of benzene rings is 1. The van der Waals surface area contributed by atoms with E-state index in [4.69, 9.17) is 4.52 Å². The molecule has 0 unspecified atom stereocenters. The molecule has 0 bridgehead atoms. The Kier molecular flexibility index (Phi) is 4.39. The number of aliphatic hydroxyl groups is 1. The van der Waals surface area contributed by atoms with Gasteiger partial charge >= 0.3 is 0 Å². The van der Waals surface area contributed by atoms with Crippen LogP contribution in [0.1, 0.15) is 23.3 Å². The van der Waals surface area contributed by atoms with Gasteiger partial charge < -0.3 is 19.8 Å². The van der Waals surface area contributed by atoms with Gasteiger partial charge in [0, 0.05) is 25.8 Å². The molecular weight excluding hydrogens is 282 g/mol. The van der Waals surface area contributed by atoms with Crippen molar-refractivity contribution >= 4 is 17.3 Å². The molecule has 0 atom stereocenters. The van der Waals surface area contributed by atoms with E-state index in [1.807, 2.05) is 24.3 Å². The molecule has 2 aromatic rings. The lowest BCUT2D eigenvalue weighted by molar-refractivity contribution is 0.101. The number of amides is 1. The number of piperidine rings is 1. The Hall–Kier alpha value is -2.34. The van der Waals surface area contributed by atoms with Crippen LogP contribution < -0.4 is 10.2 Å². The Bertz CT molecular complexity index is 619. The van der Waals surface area contributed by atoms with Gasteiger partial charge in [-0.05, 0) is 30.9 Å². The highest BCUT2D eigenvalue weighted by molar-refractivity contribution is 6.04. The number of carbonyl (C=O) groups is 1. The number of para-hydroxylation sites is 2. The summed E-state index contributed by atoms with van der Waals surface area (Å²) in [6.45, 7) is 2.00. The Morgan fingerprint density at radius 1 is 1.32 bits per heavy atom. The molecule has 1 aliphatic rings. The minimum absolute atomic E-state index is 0.248. The minimum atomic E-state index is -0.286. The molecule has 6 heteroatoms. The number of aliphatic hydroxyl groups excluding tert-OH is 1. The SMILES string of the molecule is O=C(Nc1ccccc1N1CCC(CO)CC1)c1ccon1. The highest BCUT2D eigenvalue weighted by Gasteiger charge is 2.21. The van der Waals surface area contributed by atoms with Gasteiger partial charge in [0.05, 0.1) is 11.4 Å². The van der Waals surface area contributed by atoms with Crippen molar-refractivity contribution in [3.8, 4) is 0 Å². The number of aromatic nitrogens is 1. The van der Waals surface area contributed by atoms with Crippen LogP contribution in [0.15, 0.2) is 41.1 Å². The van der Waals surface area contributed by atoms with E-state index in [0.29, 0.717) is 5.92 Å². The molecule has 116 valence electrons. The molecule has 1 amide bonds. The molecule has 1 fully saturated rings. The van der Waals surface area contributed by atoms with E-state index in [2.05, 4.69) is 15.4 Å². The van der Waals surface area contributed by atoms with E-state index in [-0.39, 0.29) is 18.2 Å². The number of rotatable bonds is 4. The van der Waals surface area contributed by atoms with E-state index in [0.717, 1.165) is 37.3 Å². The Balaban J connectivity index is 1.74. The molecule has 2 N–H and O–H groups in total. The maximum Gasteiger partial charge on any atom is 0.277 e. The van der Waals surface area contributed by atoms with E-state index < -0.39 is 0 Å². The fourth-order valence-electron chi connectivity index (χ4n) is 2.73. The van der Waals surface area contributed by atoms with Gasteiger partial charge in [-0.2, -0.15) is 0 Å². The second-order valence-corrected chi connectivity index (χ2v) is 5.47. The maximum atomic E-state index is 12.1. The normalized spacial score (nSPS) is 15.8. The molecule has 0 radical (unpaired) electrons. The first-order valence-electron chi connectivity index (χ1n) is 7.44. The molecule has 0 saturated carbocycles.